The van der Waals surface area contributed by atoms with Crippen molar-refractivity contribution in [1.82, 2.24) is 4.98 Å². The largest absolute Gasteiger partial charge is 0.456 e. The molecule has 0 unspecified atom stereocenters. The van der Waals surface area contributed by atoms with E-state index in [-0.39, 0.29) is 17.7 Å². The van der Waals surface area contributed by atoms with E-state index in [1.165, 1.54) is 11.3 Å². The normalized spacial score (nSPS) is 13.2. The molecule has 20 heavy (non-hydrogen) atoms. The minimum Gasteiger partial charge on any atom is -0.456 e. The zero-order chi connectivity index (χ0) is 14.1. The van der Waals surface area contributed by atoms with Crippen molar-refractivity contribution in [2.75, 3.05) is 0 Å². The number of aromatic amines is 1. The number of H-pyrrole nitrogens is 1. The lowest BCUT2D eigenvalue weighted by Gasteiger charge is -2.05. The summed E-state index contributed by atoms with van der Waals surface area (Å²) in [6, 6.07) is 5.20. The summed E-state index contributed by atoms with van der Waals surface area (Å²) in [5.74, 6) is -0.592. The molecule has 0 saturated carbocycles. The third-order valence-corrected chi connectivity index (χ3v) is 4.49. The highest BCUT2D eigenvalue weighted by atomic mass is 35.5. The fourth-order valence-electron chi connectivity index (χ4n) is 2.31. The minimum absolute atomic E-state index is 0.0771. The van der Waals surface area contributed by atoms with Gasteiger partial charge in [-0.2, -0.15) is 0 Å². The quantitative estimate of drug-likeness (QED) is 0.887. The lowest BCUT2D eigenvalue weighted by molar-refractivity contribution is 0.0474. The van der Waals surface area contributed by atoms with E-state index in [0.717, 1.165) is 35.4 Å². The first kappa shape index (κ1) is 13.4. The van der Waals surface area contributed by atoms with Crippen LogP contribution in [0.25, 0.3) is 0 Å². The topological polar surface area (TPSA) is 59.2 Å². The molecular formula is C14H12ClNO3S. The summed E-state index contributed by atoms with van der Waals surface area (Å²) in [7, 11) is 0. The van der Waals surface area contributed by atoms with Crippen LogP contribution in [0.2, 0.25) is 4.34 Å². The van der Waals surface area contributed by atoms with Crippen LogP contribution in [0.1, 0.15) is 32.9 Å². The molecule has 1 aliphatic rings. The van der Waals surface area contributed by atoms with Gasteiger partial charge in [-0.3, -0.25) is 4.79 Å². The fraction of sp³-hybridized carbons (Fsp3) is 0.286. The number of rotatable bonds is 3. The Morgan fingerprint density at radius 3 is 3.00 bits per heavy atom. The molecule has 2 aromatic heterocycles. The van der Waals surface area contributed by atoms with Crippen LogP contribution < -0.4 is 5.56 Å². The van der Waals surface area contributed by atoms with Gasteiger partial charge in [0, 0.05) is 10.6 Å². The number of hydrogen-bond donors (Lipinski definition) is 1. The smallest absolute Gasteiger partial charge is 0.344 e. The summed E-state index contributed by atoms with van der Waals surface area (Å²) < 4.78 is 5.81. The Morgan fingerprint density at radius 1 is 1.40 bits per heavy atom. The average Bonchev–Trinajstić information content (AvgIpc) is 3.03. The van der Waals surface area contributed by atoms with Crippen molar-refractivity contribution in [2.24, 2.45) is 0 Å². The number of halogens is 1. The Hall–Kier alpha value is -1.59. The van der Waals surface area contributed by atoms with Gasteiger partial charge in [-0.05, 0) is 43.0 Å². The van der Waals surface area contributed by atoms with Gasteiger partial charge in [0.1, 0.15) is 12.2 Å². The van der Waals surface area contributed by atoms with Gasteiger partial charge < -0.3 is 9.72 Å². The number of carbonyl (C=O) groups is 1. The van der Waals surface area contributed by atoms with Gasteiger partial charge in [0.25, 0.3) is 5.56 Å². The van der Waals surface area contributed by atoms with Gasteiger partial charge in [0.15, 0.2) is 0 Å². The molecule has 0 bridgehead atoms. The van der Waals surface area contributed by atoms with Gasteiger partial charge in [-0.15, -0.1) is 11.3 Å². The van der Waals surface area contributed by atoms with Crippen LogP contribution >= 0.6 is 22.9 Å². The number of aryl methyl sites for hydroxylation is 2. The van der Waals surface area contributed by atoms with Crippen LogP contribution in [-0.2, 0) is 24.2 Å². The Kier molecular flexibility index (Phi) is 3.63. The predicted octanol–water partition coefficient (Wildman–Crippen LogP) is 2.94. The van der Waals surface area contributed by atoms with Crippen LogP contribution in [0.4, 0.5) is 0 Å². The monoisotopic (exact) mass is 309 g/mol. The molecule has 4 nitrogen and oxygen atoms in total. The van der Waals surface area contributed by atoms with Crippen molar-refractivity contribution in [1.29, 1.82) is 0 Å². The van der Waals surface area contributed by atoms with Gasteiger partial charge >= 0.3 is 5.97 Å². The van der Waals surface area contributed by atoms with E-state index in [1.54, 1.807) is 18.2 Å². The molecule has 104 valence electrons. The molecular weight excluding hydrogens is 298 g/mol. The van der Waals surface area contributed by atoms with E-state index in [0.29, 0.717) is 4.34 Å². The average molecular weight is 310 g/mol. The van der Waals surface area contributed by atoms with Gasteiger partial charge in [-0.25, -0.2) is 4.79 Å². The second-order valence-corrected chi connectivity index (χ2v) is 6.45. The molecule has 0 aromatic carbocycles. The standard InChI is InChI=1S/C14H12ClNO3S/c15-12-5-4-9(20-12)7-19-14(18)10-6-8-2-1-3-11(8)16-13(10)17/h4-6H,1-3,7H2,(H,16,17). The summed E-state index contributed by atoms with van der Waals surface area (Å²) >= 11 is 7.16. The summed E-state index contributed by atoms with van der Waals surface area (Å²) in [5.41, 5.74) is 1.68. The number of ether oxygens (including phenoxy) is 1. The molecule has 2 aromatic rings. The maximum Gasteiger partial charge on any atom is 0.344 e. The van der Waals surface area contributed by atoms with Gasteiger partial charge in [0.05, 0.1) is 4.34 Å². The molecule has 2 heterocycles. The van der Waals surface area contributed by atoms with Crippen LogP contribution in [0.3, 0.4) is 0 Å². The Morgan fingerprint density at radius 2 is 2.25 bits per heavy atom. The molecule has 0 atom stereocenters. The molecule has 0 saturated heterocycles. The minimum atomic E-state index is -0.592. The van der Waals surface area contributed by atoms with E-state index in [1.807, 2.05) is 0 Å². The summed E-state index contributed by atoms with van der Waals surface area (Å²) in [6.07, 6.45) is 2.78. The molecule has 1 aliphatic carbocycles. The van der Waals surface area contributed by atoms with Crippen LogP contribution in [-0.4, -0.2) is 11.0 Å². The molecule has 0 radical (unpaired) electrons. The molecule has 1 N–H and O–H groups in total. The maximum absolute atomic E-state index is 12.0. The number of pyridine rings is 1. The number of nitrogens with one attached hydrogen (secondary N) is 1. The number of carbonyl (C=O) groups excluding carboxylic acids is 1. The highest BCUT2D eigenvalue weighted by Gasteiger charge is 2.19. The van der Waals surface area contributed by atoms with Crippen LogP contribution in [0.15, 0.2) is 23.0 Å². The molecule has 3 rings (SSSR count). The lowest BCUT2D eigenvalue weighted by atomic mass is 10.1. The Balaban J connectivity index is 1.76. The Bertz CT molecular complexity index is 719. The van der Waals surface area contributed by atoms with Gasteiger partial charge in [-0.1, -0.05) is 11.6 Å². The highest BCUT2D eigenvalue weighted by Crippen LogP contribution is 2.22. The summed E-state index contributed by atoms with van der Waals surface area (Å²) in [5, 5.41) is 0. The lowest BCUT2D eigenvalue weighted by Crippen LogP contribution is -2.21. The highest BCUT2D eigenvalue weighted by molar-refractivity contribution is 7.16. The Labute approximate surface area is 124 Å². The number of esters is 1. The van der Waals surface area contributed by atoms with Crippen molar-refractivity contribution in [3.8, 4) is 0 Å². The number of thiophene rings is 1. The zero-order valence-electron chi connectivity index (χ0n) is 10.6. The van der Waals surface area contributed by atoms with Crippen molar-refractivity contribution in [3.05, 3.63) is 54.6 Å². The van der Waals surface area contributed by atoms with Crippen molar-refractivity contribution < 1.29 is 9.53 Å². The van der Waals surface area contributed by atoms with E-state index in [4.69, 9.17) is 16.3 Å². The third-order valence-electron chi connectivity index (χ3n) is 3.28. The molecule has 6 heteroatoms. The molecule has 0 amide bonds. The maximum atomic E-state index is 12.0. The number of fused-ring (bicyclic) bond motifs is 1. The fourth-order valence-corrected chi connectivity index (χ4v) is 3.31. The van der Waals surface area contributed by atoms with Gasteiger partial charge in [0.2, 0.25) is 0 Å². The zero-order valence-corrected chi connectivity index (χ0v) is 12.1. The first-order valence-corrected chi connectivity index (χ1v) is 7.49. The predicted molar refractivity (Wildman–Crippen MR) is 77.5 cm³/mol. The van der Waals surface area contributed by atoms with E-state index in [2.05, 4.69) is 4.98 Å². The van der Waals surface area contributed by atoms with E-state index in [9.17, 15) is 9.59 Å². The SMILES string of the molecule is O=C(OCc1ccc(Cl)s1)c1cc2c([nH]c1=O)CCC2. The van der Waals surface area contributed by atoms with E-state index < -0.39 is 5.97 Å². The van der Waals surface area contributed by atoms with Crippen LogP contribution in [0.5, 0.6) is 0 Å². The molecule has 0 aliphatic heterocycles. The summed E-state index contributed by atoms with van der Waals surface area (Å²) in [4.78, 5) is 27.4. The molecule has 0 spiro atoms. The summed E-state index contributed by atoms with van der Waals surface area (Å²) in [6.45, 7) is 0.132. The second kappa shape index (κ2) is 5.42. The third kappa shape index (κ3) is 2.64. The van der Waals surface area contributed by atoms with Crippen molar-refractivity contribution in [2.45, 2.75) is 25.9 Å². The number of hydrogen-bond acceptors (Lipinski definition) is 4. The first-order valence-electron chi connectivity index (χ1n) is 6.30. The molecule has 0 fully saturated rings. The van der Waals surface area contributed by atoms with E-state index >= 15 is 0 Å². The second-order valence-electron chi connectivity index (χ2n) is 4.65. The van der Waals surface area contributed by atoms with Crippen molar-refractivity contribution in [3.63, 3.8) is 0 Å². The van der Waals surface area contributed by atoms with Crippen molar-refractivity contribution >= 4 is 28.9 Å². The number of aromatic nitrogens is 1. The first-order chi connectivity index (χ1) is 9.63. The van der Waals surface area contributed by atoms with Crippen LogP contribution in [0, 0.1) is 0 Å².